The average molecular weight is 265 g/mol. The van der Waals surface area contributed by atoms with Crippen LogP contribution in [-0.4, -0.2) is 9.55 Å². The van der Waals surface area contributed by atoms with Gasteiger partial charge >= 0.3 is 0 Å². The number of anilines is 1. The van der Waals surface area contributed by atoms with Crippen molar-refractivity contribution in [3.63, 3.8) is 0 Å². The molecule has 0 radical (unpaired) electrons. The summed E-state index contributed by atoms with van der Waals surface area (Å²) in [5.41, 5.74) is 11.4. The van der Waals surface area contributed by atoms with E-state index in [0.29, 0.717) is 0 Å². The summed E-state index contributed by atoms with van der Waals surface area (Å²) >= 11 is 0. The molecule has 0 spiro atoms. The molecule has 3 aromatic rings. The highest BCUT2D eigenvalue weighted by Crippen LogP contribution is 2.31. The Bertz CT molecular complexity index is 736. The van der Waals surface area contributed by atoms with Gasteiger partial charge in [-0.1, -0.05) is 31.2 Å². The zero-order valence-corrected chi connectivity index (χ0v) is 11.9. The second-order valence-corrected chi connectivity index (χ2v) is 5.11. The van der Waals surface area contributed by atoms with E-state index in [-0.39, 0.29) is 0 Å². The number of nitrogens with zero attached hydrogens (tertiary/aromatic N) is 2. The van der Waals surface area contributed by atoms with Crippen LogP contribution in [0.5, 0.6) is 0 Å². The van der Waals surface area contributed by atoms with E-state index in [1.54, 1.807) is 0 Å². The molecule has 3 rings (SSSR count). The molecule has 0 aliphatic rings. The van der Waals surface area contributed by atoms with E-state index >= 15 is 0 Å². The predicted molar refractivity (Wildman–Crippen MR) is 84.6 cm³/mol. The lowest BCUT2D eigenvalue weighted by Crippen LogP contribution is -2.03. The Morgan fingerprint density at radius 2 is 1.90 bits per heavy atom. The molecule has 2 N–H and O–H groups in total. The predicted octanol–water partition coefficient (Wildman–Crippen LogP) is 4.00. The number of hydrogen-bond donors (Lipinski definition) is 1. The molecule has 0 saturated heterocycles. The zero-order valence-electron chi connectivity index (χ0n) is 11.9. The smallest absolute Gasteiger partial charge is 0.143 e. The van der Waals surface area contributed by atoms with Crippen molar-refractivity contribution in [2.24, 2.45) is 0 Å². The third kappa shape index (κ3) is 1.95. The lowest BCUT2D eigenvalue weighted by Gasteiger charge is -2.12. The lowest BCUT2D eigenvalue weighted by atomic mass is 10.1. The van der Waals surface area contributed by atoms with E-state index in [9.17, 15) is 0 Å². The molecule has 3 heteroatoms. The Balaban J connectivity index is 2.33. The number of nitrogen functional groups attached to an aromatic ring is 1. The number of aryl methyl sites for hydroxylation is 2. The van der Waals surface area contributed by atoms with Gasteiger partial charge in [0.05, 0.1) is 11.0 Å². The molecule has 0 aliphatic carbocycles. The summed E-state index contributed by atoms with van der Waals surface area (Å²) in [7, 11) is 0. The maximum Gasteiger partial charge on any atom is 0.143 e. The monoisotopic (exact) mass is 265 g/mol. The first-order valence-corrected chi connectivity index (χ1v) is 7.03. The number of rotatable bonds is 3. The summed E-state index contributed by atoms with van der Waals surface area (Å²) in [4.78, 5) is 4.81. The highest BCUT2D eigenvalue weighted by Gasteiger charge is 2.15. The normalized spacial score (nSPS) is 11.1. The molecule has 0 bridgehead atoms. The molecule has 1 aromatic heterocycles. The van der Waals surface area contributed by atoms with Gasteiger partial charge in [0.15, 0.2) is 0 Å². The van der Waals surface area contributed by atoms with E-state index < -0.39 is 0 Å². The molecule has 20 heavy (non-hydrogen) atoms. The zero-order chi connectivity index (χ0) is 14.1. The number of hydrogen-bond acceptors (Lipinski definition) is 2. The second kappa shape index (κ2) is 5.00. The minimum Gasteiger partial charge on any atom is -0.398 e. The molecule has 2 aromatic carbocycles. The average Bonchev–Trinajstić information content (AvgIpc) is 2.78. The third-order valence-electron chi connectivity index (χ3n) is 3.63. The van der Waals surface area contributed by atoms with E-state index in [2.05, 4.69) is 42.7 Å². The first-order chi connectivity index (χ1) is 9.72. The Kier molecular flexibility index (Phi) is 3.18. The van der Waals surface area contributed by atoms with Crippen LogP contribution in [0.15, 0.2) is 42.5 Å². The van der Waals surface area contributed by atoms with Crippen LogP contribution in [0.3, 0.4) is 0 Å². The van der Waals surface area contributed by atoms with Gasteiger partial charge in [0.2, 0.25) is 0 Å². The fourth-order valence-corrected chi connectivity index (χ4v) is 2.71. The molecule has 3 nitrogen and oxygen atoms in total. The third-order valence-corrected chi connectivity index (χ3v) is 3.63. The molecule has 0 fully saturated rings. The van der Waals surface area contributed by atoms with Crippen molar-refractivity contribution < 1.29 is 0 Å². The SMILES string of the molecule is CCCn1c(-c2c(C)cccc2N)nc2ccccc21. The molecule has 0 saturated carbocycles. The van der Waals surface area contributed by atoms with Crippen LogP contribution in [0.2, 0.25) is 0 Å². The van der Waals surface area contributed by atoms with Crippen molar-refractivity contribution in [3.05, 3.63) is 48.0 Å². The highest BCUT2D eigenvalue weighted by atomic mass is 15.1. The minimum atomic E-state index is 0.789. The van der Waals surface area contributed by atoms with Crippen LogP contribution in [0, 0.1) is 6.92 Å². The molecule has 102 valence electrons. The van der Waals surface area contributed by atoms with Gasteiger partial charge in [-0.05, 0) is 37.1 Å². The number of benzene rings is 2. The van der Waals surface area contributed by atoms with Crippen LogP contribution >= 0.6 is 0 Å². The van der Waals surface area contributed by atoms with Gasteiger partial charge in [0.25, 0.3) is 0 Å². The molecule has 0 amide bonds. The van der Waals surface area contributed by atoms with E-state index in [1.807, 2.05) is 18.2 Å². The fraction of sp³-hybridized carbons (Fsp3) is 0.235. The number of imidazole rings is 1. The quantitative estimate of drug-likeness (QED) is 0.727. The highest BCUT2D eigenvalue weighted by molar-refractivity contribution is 5.84. The summed E-state index contributed by atoms with van der Waals surface area (Å²) in [5.74, 6) is 0.976. The standard InChI is InChI=1S/C17H19N3/c1-3-11-20-15-10-5-4-9-14(15)19-17(20)16-12(2)7-6-8-13(16)18/h4-10H,3,11,18H2,1-2H3. The Labute approximate surface area is 119 Å². The number of aromatic nitrogens is 2. The largest absolute Gasteiger partial charge is 0.398 e. The van der Waals surface area contributed by atoms with Crippen molar-refractivity contribution in [1.82, 2.24) is 9.55 Å². The number of nitrogens with two attached hydrogens (primary N) is 1. The van der Waals surface area contributed by atoms with Crippen LogP contribution in [-0.2, 0) is 6.54 Å². The van der Waals surface area contributed by atoms with Crippen molar-refractivity contribution >= 4 is 16.7 Å². The van der Waals surface area contributed by atoms with E-state index in [4.69, 9.17) is 10.7 Å². The van der Waals surface area contributed by atoms with Crippen LogP contribution in [0.4, 0.5) is 5.69 Å². The van der Waals surface area contributed by atoms with Gasteiger partial charge in [-0.3, -0.25) is 0 Å². The van der Waals surface area contributed by atoms with Crippen LogP contribution in [0.25, 0.3) is 22.4 Å². The van der Waals surface area contributed by atoms with Gasteiger partial charge < -0.3 is 10.3 Å². The topological polar surface area (TPSA) is 43.8 Å². The van der Waals surface area contributed by atoms with Gasteiger partial charge in [-0.2, -0.15) is 0 Å². The van der Waals surface area contributed by atoms with E-state index in [1.165, 1.54) is 5.52 Å². The van der Waals surface area contributed by atoms with Crippen molar-refractivity contribution in [1.29, 1.82) is 0 Å². The lowest BCUT2D eigenvalue weighted by molar-refractivity contribution is 0.704. The maximum atomic E-state index is 6.19. The molecule has 0 atom stereocenters. The van der Waals surface area contributed by atoms with Crippen molar-refractivity contribution in [2.45, 2.75) is 26.8 Å². The van der Waals surface area contributed by atoms with Gasteiger partial charge in [-0.15, -0.1) is 0 Å². The molecule has 0 unspecified atom stereocenters. The molecular formula is C17H19N3. The molecular weight excluding hydrogens is 246 g/mol. The van der Waals surface area contributed by atoms with Crippen LogP contribution < -0.4 is 5.73 Å². The summed E-state index contributed by atoms with van der Waals surface area (Å²) in [5, 5.41) is 0. The summed E-state index contributed by atoms with van der Waals surface area (Å²) in [6.45, 7) is 5.21. The fourth-order valence-electron chi connectivity index (χ4n) is 2.71. The molecule has 1 heterocycles. The van der Waals surface area contributed by atoms with Gasteiger partial charge in [0, 0.05) is 17.8 Å². The van der Waals surface area contributed by atoms with Gasteiger partial charge in [-0.25, -0.2) is 4.98 Å². The second-order valence-electron chi connectivity index (χ2n) is 5.11. The summed E-state index contributed by atoms with van der Waals surface area (Å²) in [6, 6.07) is 14.3. The van der Waals surface area contributed by atoms with Crippen molar-refractivity contribution in [3.8, 4) is 11.4 Å². The Morgan fingerprint density at radius 1 is 1.10 bits per heavy atom. The van der Waals surface area contributed by atoms with Crippen molar-refractivity contribution in [2.75, 3.05) is 5.73 Å². The maximum absolute atomic E-state index is 6.19. The number of para-hydroxylation sites is 2. The summed E-state index contributed by atoms with van der Waals surface area (Å²) < 4.78 is 2.27. The van der Waals surface area contributed by atoms with Gasteiger partial charge in [0.1, 0.15) is 5.82 Å². The Morgan fingerprint density at radius 3 is 2.65 bits per heavy atom. The van der Waals surface area contributed by atoms with E-state index in [0.717, 1.165) is 41.1 Å². The molecule has 0 aliphatic heterocycles. The minimum absolute atomic E-state index is 0.789. The number of fused-ring (bicyclic) bond motifs is 1. The summed E-state index contributed by atoms with van der Waals surface area (Å²) in [6.07, 6.45) is 1.07. The Hall–Kier alpha value is -2.29. The van der Waals surface area contributed by atoms with Crippen LogP contribution in [0.1, 0.15) is 18.9 Å². The first-order valence-electron chi connectivity index (χ1n) is 7.03. The first kappa shape index (κ1) is 12.7.